The van der Waals surface area contributed by atoms with E-state index in [1.165, 1.54) is 0 Å². The van der Waals surface area contributed by atoms with Crippen molar-refractivity contribution in [1.82, 2.24) is 10.1 Å². The average molecular weight is 222 g/mol. The van der Waals surface area contributed by atoms with Gasteiger partial charge in [0.05, 0.1) is 6.04 Å². The van der Waals surface area contributed by atoms with Crippen LogP contribution in [0.1, 0.15) is 24.7 Å². The summed E-state index contributed by atoms with van der Waals surface area (Å²) in [7, 11) is 0. The Morgan fingerprint density at radius 2 is 2.31 bits per heavy atom. The lowest BCUT2D eigenvalue weighted by molar-refractivity contribution is 0.399. The van der Waals surface area contributed by atoms with Crippen LogP contribution in [0, 0.1) is 0 Å². The maximum absolute atomic E-state index is 5.54. The van der Waals surface area contributed by atoms with E-state index in [-0.39, 0.29) is 18.4 Å². The van der Waals surface area contributed by atoms with Crippen molar-refractivity contribution in [2.75, 3.05) is 6.26 Å². The van der Waals surface area contributed by atoms with Crippen molar-refractivity contribution in [3.05, 3.63) is 17.1 Å². The van der Waals surface area contributed by atoms with Gasteiger partial charge in [0, 0.05) is 6.08 Å². The van der Waals surface area contributed by atoms with Crippen molar-refractivity contribution in [3.8, 4) is 0 Å². The summed E-state index contributed by atoms with van der Waals surface area (Å²) in [6, 6.07) is -0.176. The molecule has 0 spiro atoms. The maximum Gasteiger partial charge on any atom is 0.251 e. The van der Waals surface area contributed by atoms with Gasteiger partial charge in [-0.25, -0.2) is 0 Å². The third-order valence-electron chi connectivity index (χ3n) is 1.21. The van der Waals surface area contributed by atoms with Gasteiger partial charge in [-0.15, -0.1) is 24.2 Å². The van der Waals surface area contributed by atoms with Crippen LogP contribution in [0.5, 0.6) is 0 Å². The smallest absolute Gasteiger partial charge is 0.251 e. The van der Waals surface area contributed by atoms with Gasteiger partial charge >= 0.3 is 0 Å². The highest BCUT2D eigenvalue weighted by Gasteiger charge is 2.06. The molecule has 2 N–H and O–H groups in total. The van der Waals surface area contributed by atoms with Gasteiger partial charge in [0.25, 0.3) is 5.89 Å². The minimum Gasteiger partial charge on any atom is -0.335 e. The highest BCUT2D eigenvalue weighted by molar-refractivity contribution is 8.01. The summed E-state index contributed by atoms with van der Waals surface area (Å²) in [5.74, 6) is 1.03. The molecule has 1 atom stereocenters. The molecule has 1 unspecified atom stereocenters. The predicted molar refractivity (Wildman–Crippen MR) is 56.7 cm³/mol. The number of aromatic nitrogens is 2. The Morgan fingerprint density at radius 3 is 2.77 bits per heavy atom. The Labute approximate surface area is 87.4 Å². The Bertz CT molecular complexity index is 274. The van der Waals surface area contributed by atoms with Crippen LogP contribution in [-0.2, 0) is 0 Å². The van der Waals surface area contributed by atoms with Crippen molar-refractivity contribution in [2.45, 2.75) is 13.0 Å². The lowest BCUT2D eigenvalue weighted by Crippen LogP contribution is -2.06. The molecule has 0 aliphatic carbocycles. The number of hydrogen-bond acceptors (Lipinski definition) is 5. The maximum atomic E-state index is 5.54. The second kappa shape index (κ2) is 6.01. The molecule has 0 saturated carbocycles. The number of rotatable bonds is 3. The summed E-state index contributed by atoms with van der Waals surface area (Å²) < 4.78 is 4.89. The van der Waals surface area contributed by atoms with E-state index in [0.717, 1.165) is 0 Å². The quantitative estimate of drug-likeness (QED) is 0.844. The predicted octanol–water partition coefficient (Wildman–Crippen LogP) is 1.84. The second-order valence-corrected chi connectivity index (χ2v) is 3.06. The van der Waals surface area contributed by atoms with Crippen LogP contribution in [0.15, 0.2) is 9.93 Å². The number of halogens is 1. The summed E-state index contributed by atoms with van der Waals surface area (Å²) in [6.07, 6.45) is 3.71. The zero-order chi connectivity index (χ0) is 8.97. The minimum absolute atomic E-state index is 0. The van der Waals surface area contributed by atoms with Gasteiger partial charge in [0.15, 0.2) is 5.82 Å². The lowest BCUT2D eigenvalue weighted by atomic mass is 10.3. The minimum atomic E-state index is -0.176. The van der Waals surface area contributed by atoms with Gasteiger partial charge in [-0.2, -0.15) is 4.98 Å². The van der Waals surface area contributed by atoms with Crippen LogP contribution in [0.25, 0.3) is 6.08 Å². The molecule has 0 aliphatic rings. The normalized spacial score (nSPS) is 12.8. The molecular weight excluding hydrogens is 210 g/mol. The van der Waals surface area contributed by atoms with Gasteiger partial charge < -0.3 is 10.3 Å². The molecule has 0 bridgehead atoms. The highest BCUT2D eigenvalue weighted by Crippen LogP contribution is 2.07. The van der Waals surface area contributed by atoms with E-state index < -0.39 is 0 Å². The molecule has 0 radical (unpaired) electrons. The summed E-state index contributed by atoms with van der Waals surface area (Å²) >= 11 is 1.57. The molecule has 74 valence electrons. The molecule has 0 fully saturated rings. The first-order valence-electron chi connectivity index (χ1n) is 3.52. The zero-order valence-corrected chi connectivity index (χ0v) is 9.06. The Kier molecular flexibility index (Phi) is 5.77. The monoisotopic (exact) mass is 221 g/mol. The molecule has 13 heavy (non-hydrogen) atoms. The van der Waals surface area contributed by atoms with Crippen molar-refractivity contribution in [3.63, 3.8) is 0 Å². The van der Waals surface area contributed by atoms with Crippen LogP contribution in [-0.4, -0.2) is 16.4 Å². The van der Waals surface area contributed by atoms with Gasteiger partial charge in [0.1, 0.15) is 0 Å². The fourth-order valence-electron chi connectivity index (χ4n) is 0.626. The van der Waals surface area contributed by atoms with E-state index in [2.05, 4.69) is 10.1 Å². The standard InChI is InChI=1S/C7H11N3OS.ClH/c1-5(8)7-9-6(11-10-7)3-4-12-2;/h3-5H,8H2,1-2H3;1H/b4-3+;. The van der Waals surface area contributed by atoms with Crippen molar-refractivity contribution in [2.24, 2.45) is 5.73 Å². The molecule has 0 saturated heterocycles. The number of hydrogen-bond donors (Lipinski definition) is 1. The molecule has 1 rings (SSSR count). The van der Waals surface area contributed by atoms with Gasteiger partial charge in [0.2, 0.25) is 0 Å². The van der Waals surface area contributed by atoms with E-state index in [1.54, 1.807) is 17.8 Å². The van der Waals surface area contributed by atoms with Crippen molar-refractivity contribution >= 4 is 30.2 Å². The van der Waals surface area contributed by atoms with Gasteiger partial charge in [-0.05, 0) is 18.6 Å². The van der Waals surface area contributed by atoms with Crippen molar-refractivity contribution < 1.29 is 4.52 Å². The average Bonchev–Trinajstić information content (AvgIpc) is 2.48. The Morgan fingerprint density at radius 1 is 1.62 bits per heavy atom. The second-order valence-electron chi connectivity index (χ2n) is 2.32. The van der Waals surface area contributed by atoms with Crippen molar-refractivity contribution in [1.29, 1.82) is 0 Å². The molecule has 1 aromatic rings. The molecule has 0 aliphatic heterocycles. The SMILES string of the molecule is CS/C=C/c1nc(C(C)N)no1.Cl. The summed E-state index contributed by atoms with van der Waals surface area (Å²) in [4.78, 5) is 4.04. The van der Waals surface area contributed by atoms with E-state index in [9.17, 15) is 0 Å². The third-order valence-corrected chi connectivity index (χ3v) is 1.62. The first-order chi connectivity index (χ1) is 5.74. The zero-order valence-electron chi connectivity index (χ0n) is 7.43. The Balaban J connectivity index is 0.00000144. The van der Waals surface area contributed by atoms with E-state index in [0.29, 0.717) is 11.7 Å². The molecule has 4 nitrogen and oxygen atoms in total. The number of nitrogens with zero attached hydrogens (tertiary/aromatic N) is 2. The first kappa shape index (κ1) is 12.5. The van der Waals surface area contributed by atoms with Crippen LogP contribution < -0.4 is 5.73 Å². The summed E-state index contributed by atoms with van der Waals surface area (Å²) in [5, 5.41) is 5.57. The van der Waals surface area contributed by atoms with Crippen LogP contribution in [0.3, 0.4) is 0 Å². The van der Waals surface area contributed by atoms with Gasteiger partial charge in [-0.1, -0.05) is 5.16 Å². The fourth-order valence-corrected chi connectivity index (χ4v) is 0.879. The first-order valence-corrected chi connectivity index (χ1v) is 4.81. The molecule has 0 aromatic carbocycles. The Hall–Kier alpha value is -0.520. The van der Waals surface area contributed by atoms with Crippen LogP contribution in [0.2, 0.25) is 0 Å². The molecule has 1 aromatic heterocycles. The molecule has 0 amide bonds. The van der Waals surface area contributed by atoms with Gasteiger partial charge in [-0.3, -0.25) is 0 Å². The van der Waals surface area contributed by atoms with E-state index in [1.807, 2.05) is 18.6 Å². The summed E-state index contributed by atoms with van der Waals surface area (Å²) in [6.45, 7) is 1.81. The van der Waals surface area contributed by atoms with Crippen LogP contribution in [0.4, 0.5) is 0 Å². The number of nitrogens with two attached hydrogens (primary N) is 1. The van der Waals surface area contributed by atoms with E-state index >= 15 is 0 Å². The fraction of sp³-hybridized carbons (Fsp3) is 0.429. The molecular formula is C7H12ClN3OS. The topological polar surface area (TPSA) is 64.9 Å². The largest absolute Gasteiger partial charge is 0.335 e. The van der Waals surface area contributed by atoms with E-state index in [4.69, 9.17) is 10.3 Å². The molecule has 1 heterocycles. The van der Waals surface area contributed by atoms with Crippen LogP contribution >= 0.6 is 24.2 Å². The number of thioether (sulfide) groups is 1. The third kappa shape index (κ3) is 3.80. The molecule has 6 heteroatoms. The lowest BCUT2D eigenvalue weighted by Gasteiger charge is -1.92. The summed E-state index contributed by atoms with van der Waals surface area (Å²) in [5.41, 5.74) is 5.54. The highest BCUT2D eigenvalue weighted by atomic mass is 35.5.